The third kappa shape index (κ3) is 3.05. The molecule has 3 rings (SSSR count). The lowest BCUT2D eigenvalue weighted by molar-refractivity contribution is 0.355. The second-order valence-corrected chi connectivity index (χ2v) is 6.23. The van der Waals surface area contributed by atoms with Crippen LogP contribution in [0.15, 0.2) is 48.9 Å². The van der Waals surface area contributed by atoms with Crippen molar-refractivity contribution in [2.45, 2.75) is 32.9 Å². The number of nitrogens with one attached hydrogen (secondary N) is 1. The van der Waals surface area contributed by atoms with Gasteiger partial charge in [-0.25, -0.2) is 0 Å². The number of aromatic nitrogens is 3. The molecule has 1 N–H and O–H groups in total. The van der Waals surface area contributed by atoms with Gasteiger partial charge in [0.15, 0.2) is 0 Å². The van der Waals surface area contributed by atoms with Crippen molar-refractivity contribution in [3.8, 4) is 0 Å². The van der Waals surface area contributed by atoms with Crippen molar-refractivity contribution in [2.75, 3.05) is 5.32 Å². The summed E-state index contributed by atoms with van der Waals surface area (Å²) in [6.45, 7) is 7.20. The average Bonchev–Trinajstić information content (AvgIpc) is 2.94. The molecule has 0 aliphatic carbocycles. The largest absolute Gasteiger partial charge is 0.381 e. The van der Waals surface area contributed by atoms with Crippen molar-refractivity contribution in [2.24, 2.45) is 0 Å². The summed E-state index contributed by atoms with van der Waals surface area (Å²) in [5.41, 5.74) is 3.31. The highest BCUT2D eigenvalue weighted by Gasteiger charge is 2.13. The summed E-state index contributed by atoms with van der Waals surface area (Å²) in [5.74, 6) is 0. The summed E-state index contributed by atoms with van der Waals surface area (Å²) in [4.78, 5) is 4.33. The molecule has 1 aromatic carbocycles. The first-order valence-corrected chi connectivity index (χ1v) is 7.15. The van der Waals surface area contributed by atoms with Crippen molar-refractivity contribution >= 4 is 16.6 Å². The molecule has 3 aromatic rings. The van der Waals surface area contributed by atoms with E-state index in [-0.39, 0.29) is 5.54 Å². The minimum atomic E-state index is 0.0207. The lowest BCUT2D eigenvalue weighted by Crippen LogP contribution is -2.21. The van der Waals surface area contributed by atoms with E-state index in [1.807, 2.05) is 29.2 Å². The number of hydrogen-bond donors (Lipinski definition) is 1. The molecule has 0 saturated heterocycles. The summed E-state index contributed by atoms with van der Waals surface area (Å²) in [6, 6.07) is 10.3. The number of rotatable bonds is 3. The van der Waals surface area contributed by atoms with E-state index in [1.165, 1.54) is 5.56 Å². The van der Waals surface area contributed by atoms with Crippen LogP contribution in [0.3, 0.4) is 0 Å². The predicted octanol–water partition coefficient (Wildman–Crippen LogP) is 3.80. The van der Waals surface area contributed by atoms with Gasteiger partial charge in [0.25, 0.3) is 0 Å². The summed E-state index contributed by atoms with van der Waals surface area (Å²) in [6.07, 6.45) is 5.83. The van der Waals surface area contributed by atoms with E-state index in [1.54, 1.807) is 0 Å². The van der Waals surface area contributed by atoms with E-state index in [0.717, 1.165) is 23.1 Å². The smallest absolute Gasteiger partial charge is 0.0703 e. The summed E-state index contributed by atoms with van der Waals surface area (Å²) >= 11 is 0. The fourth-order valence-corrected chi connectivity index (χ4v) is 2.21. The summed E-state index contributed by atoms with van der Waals surface area (Å²) in [7, 11) is 0. The van der Waals surface area contributed by atoms with Crippen LogP contribution in [0.5, 0.6) is 0 Å². The molecule has 108 valence electrons. The topological polar surface area (TPSA) is 42.7 Å². The van der Waals surface area contributed by atoms with Crippen LogP contribution in [-0.4, -0.2) is 14.8 Å². The van der Waals surface area contributed by atoms with Crippen molar-refractivity contribution < 1.29 is 0 Å². The van der Waals surface area contributed by atoms with E-state index in [0.29, 0.717) is 0 Å². The molecule has 2 heterocycles. The fraction of sp³-hybridized carbons (Fsp3) is 0.294. The number of pyridine rings is 1. The van der Waals surface area contributed by atoms with Gasteiger partial charge in [0, 0.05) is 35.6 Å². The van der Waals surface area contributed by atoms with E-state index >= 15 is 0 Å². The SMILES string of the molecule is CC(C)(C)n1cc(CNc2ccc3ncccc3c2)cn1. The molecule has 0 fully saturated rings. The first-order valence-electron chi connectivity index (χ1n) is 7.15. The highest BCUT2D eigenvalue weighted by atomic mass is 15.3. The predicted molar refractivity (Wildman–Crippen MR) is 86.3 cm³/mol. The van der Waals surface area contributed by atoms with Gasteiger partial charge < -0.3 is 5.32 Å². The van der Waals surface area contributed by atoms with Crippen LogP contribution in [0, 0.1) is 0 Å². The average molecular weight is 280 g/mol. The third-order valence-electron chi connectivity index (χ3n) is 3.42. The Morgan fingerprint density at radius 3 is 2.81 bits per heavy atom. The summed E-state index contributed by atoms with van der Waals surface area (Å²) in [5, 5.41) is 9.00. The molecule has 0 unspecified atom stereocenters. The van der Waals surface area contributed by atoms with Crippen LogP contribution >= 0.6 is 0 Å². The van der Waals surface area contributed by atoms with E-state index in [2.05, 4.69) is 60.6 Å². The maximum atomic E-state index is 4.42. The highest BCUT2D eigenvalue weighted by Crippen LogP contribution is 2.18. The molecular weight excluding hydrogens is 260 g/mol. The van der Waals surface area contributed by atoms with Crippen LogP contribution in [0.25, 0.3) is 10.9 Å². The standard InChI is InChI=1S/C17H20N4/c1-17(2,3)21-12-13(11-20-21)10-19-15-6-7-16-14(9-15)5-4-8-18-16/h4-9,11-12,19H,10H2,1-3H3. The first kappa shape index (κ1) is 13.6. The van der Waals surface area contributed by atoms with Gasteiger partial charge in [-0.1, -0.05) is 6.07 Å². The zero-order valence-electron chi connectivity index (χ0n) is 12.7. The Bertz CT molecular complexity index is 753. The maximum Gasteiger partial charge on any atom is 0.0703 e. The van der Waals surface area contributed by atoms with Gasteiger partial charge in [0.1, 0.15) is 0 Å². The molecule has 2 aromatic heterocycles. The Hall–Kier alpha value is -2.36. The molecule has 4 heteroatoms. The van der Waals surface area contributed by atoms with Gasteiger partial charge in [0.2, 0.25) is 0 Å². The Labute approximate surface area is 124 Å². The van der Waals surface area contributed by atoms with Crippen LogP contribution in [0.2, 0.25) is 0 Å². The monoisotopic (exact) mass is 280 g/mol. The highest BCUT2D eigenvalue weighted by molar-refractivity contribution is 5.82. The van der Waals surface area contributed by atoms with Crippen molar-refractivity contribution in [3.05, 3.63) is 54.5 Å². The fourth-order valence-electron chi connectivity index (χ4n) is 2.21. The molecule has 21 heavy (non-hydrogen) atoms. The Balaban J connectivity index is 1.73. The van der Waals surface area contributed by atoms with E-state index in [9.17, 15) is 0 Å². The normalized spacial score (nSPS) is 11.8. The molecule has 0 spiro atoms. The maximum absolute atomic E-state index is 4.42. The molecule has 4 nitrogen and oxygen atoms in total. The minimum absolute atomic E-state index is 0.0207. The number of anilines is 1. The Kier molecular flexibility index (Phi) is 3.37. The van der Waals surface area contributed by atoms with Gasteiger partial charge in [-0.15, -0.1) is 0 Å². The number of nitrogens with zero attached hydrogens (tertiary/aromatic N) is 3. The van der Waals surface area contributed by atoms with Gasteiger partial charge in [-0.3, -0.25) is 9.67 Å². The second-order valence-electron chi connectivity index (χ2n) is 6.23. The third-order valence-corrected chi connectivity index (χ3v) is 3.42. The van der Waals surface area contributed by atoms with Crippen LogP contribution < -0.4 is 5.32 Å². The number of fused-ring (bicyclic) bond motifs is 1. The lowest BCUT2D eigenvalue weighted by atomic mass is 10.1. The van der Waals surface area contributed by atoms with Crippen LogP contribution in [0.1, 0.15) is 26.3 Å². The van der Waals surface area contributed by atoms with Crippen molar-refractivity contribution in [1.29, 1.82) is 0 Å². The zero-order valence-corrected chi connectivity index (χ0v) is 12.7. The number of benzene rings is 1. The summed E-state index contributed by atoms with van der Waals surface area (Å²) < 4.78 is 1.99. The van der Waals surface area contributed by atoms with Gasteiger partial charge >= 0.3 is 0 Å². The molecule has 0 aliphatic heterocycles. The lowest BCUT2D eigenvalue weighted by Gasteiger charge is -2.18. The minimum Gasteiger partial charge on any atom is -0.381 e. The van der Waals surface area contributed by atoms with Gasteiger partial charge in [-0.05, 0) is 45.0 Å². The second kappa shape index (κ2) is 5.20. The molecular formula is C17H20N4. The molecule has 0 aliphatic rings. The Morgan fingerprint density at radius 1 is 1.19 bits per heavy atom. The van der Waals surface area contributed by atoms with Crippen molar-refractivity contribution in [1.82, 2.24) is 14.8 Å². The molecule has 0 amide bonds. The van der Waals surface area contributed by atoms with Crippen LogP contribution in [0.4, 0.5) is 5.69 Å². The van der Waals surface area contributed by atoms with Crippen molar-refractivity contribution in [3.63, 3.8) is 0 Å². The van der Waals surface area contributed by atoms with Gasteiger partial charge in [0.05, 0.1) is 17.3 Å². The molecule has 0 radical (unpaired) electrons. The van der Waals surface area contributed by atoms with Gasteiger partial charge in [-0.2, -0.15) is 5.10 Å². The Morgan fingerprint density at radius 2 is 2.05 bits per heavy atom. The quantitative estimate of drug-likeness (QED) is 0.793. The van der Waals surface area contributed by atoms with E-state index < -0.39 is 0 Å². The van der Waals surface area contributed by atoms with Crippen LogP contribution in [-0.2, 0) is 12.1 Å². The zero-order chi connectivity index (χ0) is 14.9. The molecule has 0 bridgehead atoms. The molecule has 0 atom stereocenters. The number of hydrogen-bond acceptors (Lipinski definition) is 3. The van der Waals surface area contributed by atoms with E-state index in [4.69, 9.17) is 0 Å². The molecule has 0 saturated carbocycles. The first-order chi connectivity index (χ1) is 10.0.